The van der Waals surface area contributed by atoms with Gasteiger partial charge in [-0.25, -0.2) is 5.01 Å². The van der Waals surface area contributed by atoms with Gasteiger partial charge in [0.05, 0.1) is 11.9 Å². The molecule has 1 fully saturated rings. The van der Waals surface area contributed by atoms with Gasteiger partial charge in [0.15, 0.2) is 5.54 Å². The Hall–Kier alpha value is -3.41. The van der Waals surface area contributed by atoms with Crippen LogP contribution >= 0.6 is 0 Å². The summed E-state index contributed by atoms with van der Waals surface area (Å²) in [4.78, 5) is 31.6. The summed E-state index contributed by atoms with van der Waals surface area (Å²) in [5.41, 5.74) is 3.84. The normalized spacial score (nSPS) is 21.7. The zero-order valence-corrected chi connectivity index (χ0v) is 16.5. The molecule has 1 N–H and O–H groups in total. The third kappa shape index (κ3) is 2.59. The smallest absolute Gasteiger partial charge is 0.275 e. The molecule has 2 aliphatic rings. The van der Waals surface area contributed by atoms with Crippen molar-refractivity contribution in [1.29, 1.82) is 0 Å². The second kappa shape index (κ2) is 6.30. The second-order valence-electron chi connectivity index (χ2n) is 7.91. The first-order chi connectivity index (χ1) is 14.0. The Balaban J connectivity index is 1.57. The molecule has 3 aromatic rings. The van der Waals surface area contributed by atoms with Crippen molar-refractivity contribution in [3.63, 3.8) is 0 Å². The van der Waals surface area contributed by atoms with Gasteiger partial charge < -0.3 is 9.88 Å². The Morgan fingerprint density at radius 1 is 1.14 bits per heavy atom. The maximum atomic E-state index is 13.6. The van der Waals surface area contributed by atoms with E-state index < -0.39 is 5.54 Å². The van der Waals surface area contributed by atoms with Crippen molar-refractivity contribution < 1.29 is 9.59 Å². The molecule has 2 aliphatic heterocycles. The predicted molar refractivity (Wildman–Crippen MR) is 112 cm³/mol. The average Bonchev–Trinajstić information content (AvgIpc) is 3.10. The second-order valence-corrected chi connectivity index (χ2v) is 7.91. The molecule has 0 radical (unpaired) electrons. The van der Waals surface area contributed by atoms with Crippen LogP contribution in [0.15, 0.2) is 53.6 Å². The van der Waals surface area contributed by atoms with E-state index in [-0.39, 0.29) is 18.4 Å². The number of nitrogens with zero attached hydrogens (tertiary/aromatic N) is 3. The van der Waals surface area contributed by atoms with Crippen LogP contribution in [0.4, 0.5) is 0 Å². The lowest BCUT2D eigenvalue weighted by atomic mass is 9.83. The Labute approximate surface area is 168 Å². The van der Waals surface area contributed by atoms with Crippen molar-refractivity contribution in [2.45, 2.75) is 25.8 Å². The molecule has 1 atom stereocenters. The molecule has 0 saturated carbocycles. The molecule has 2 aromatic carbocycles. The molecule has 2 amide bonds. The van der Waals surface area contributed by atoms with Crippen LogP contribution in [0.3, 0.4) is 0 Å². The fourth-order valence-corrected chi connectivity index (χ4v) is 4.57. The minimum absolute atomic E-state index is 0.0354. The zero-order chi connectivity index (χ0) is 20.2. The summed E-state index contributed by atoms with van der Waals surface area (Å²) in [5.74, 6) is -0.272. The minimum Gasteiger partial charge on any atom is -0.356 e. The van der Waals surface area contributed by atoms with Crippen molar-refractivity contribution in [3.05, 3.63) is 70.9 Å². The lowest BCUT2D eigenvalue weighted by Crippen LogP contribution is -2.65. The van der Waals surface area contributed by atoms with Gasteiger partial charge in [-0.3, -0.25) is 9.59 Å². The molecule has 5 rings (SSSR count). The molecule has 29 heavy (non-hydrogen) atoms. The molecule has 146 valence electrons. The molecule has 0 spiro atoms. The van der Waals surface area contributed by atoms with Gasteiger partial charge in [0.2, 0.25) is 5.91 Å². The number of benzene rings is 2. The van der Waals surface area contributed by atoms with Crippen LogP contribution in [-0.4, -0.2) is 46.0 Å². The van der Waals surface area contributed by atoms with E-state index in [9.17, 15) is 9.59 Å². The van der Waals surface area contributed by atoms with Gasteiger partial charge in [-0.15, -0.1) is 0 Å². The Bertz CT molecular complexity index is 1180. The van der Waals surface area contributed by atoms with Gasteiger partial charge in [0, 0.05) is 17.4 Å². The molecule has 6 nitrogen and oxygen atoms in total. The number of amides is 2. The number of H-pyrrole nitrogens is 1. The molecule has 0 aliphatic carbocycles. The zero-order valence-electron chi connectivity index (χ0n) is 16.5. The number of piperazine rings is 1. The summed E-state index contributed by atoms with van der Waals surface area (Å²) < 4.78 is 0. The number of hydrogen-bond acceptors (Lipinski definition) is 3. The number of hydrazone groups is 1. The van der Waals surface area contributed by atoms with Crippen molar-refractivity contribution in [2.75, 3.05) is 13.1 Å². The number of aryl methyl sites for hydroxylation is 1. The van der Waals surface area contributed by atoms with Crippen LogP contribution in [-0.2, 0) is 21.5 Å². The fraction of sp³-hybridized carbons (Fsp3) is 0.261. The molecular weight excluding hydrogens is 364 g/mol. The standard InChI is InChI=1S/C23H22N4O2/c1-15-6-5-7-16(12-15)13-24-27-14-20(28)26-11-10-18-17-8-3-4-9-19(17)25-21(18)23(26,2)22(27)29/h3-9,12-13,25H,10-11,14H2,1-2H3/b24-13-/t23-/m0/s1. The Kier molecular flexibility index (Phi) is 3.84. The molecule has 3 heterocycles. The molecule has 1 saturated heterocycles. The average molecular weight is 386 g/mol. The van der Waals surface area contributed by atoms with Gasteiger partial charge in [0.1, 0.15) is 6.54 Å². The lowest BCUT2D eigenvalue weighted by molar-refractivity contribution is -0.165. The van der Waals surface area contributed by atoms with E-state index in [4.69, 9.17) is 0 Å². The number of hydrogen-bond donors (Lipinski definition) is 1. The van der Waals surface area contributed by atoms with E-state index in [0.717, 1.165) is 39.7 Å². The van der Waals surface area contributed by atoms with E-state index in [1.165, 1.54) is 5.01 Å². The van der Waals surface area contributed by atoms with Crippen LogP contribution in [0.2, 0.25) is 0 Å². The van der Waals surface area contributed by atoms with Gasteiger partial charge in [-0.2, -0.15) is 5.10 Å². The topological polar surface area (TPSA) is 68.8 Å². The van der Waals surface area contributed by atoms with E-state index in [0.29, 0.717) is 6.54 Å². The lowest BCUT2D eigenvalue weighted by Gasteiger charge is -2.48. The van der Waals surface area contributed by atoms with Gasteiger partial charge in [-0.05, 0) is 37.5 Å². The highest BCUT2D eigenvalue weighted by atomic mass is 16.2. The van der Waals surface area contributed by atoms with E-state index in [1.807, 2.05) is 56.3 Å². The third-order valence-electron chi connectivity index (χ3n) is 6.05. The fourth-order valence-electron chi connectivity index (χ4n) is 4.57. The minimum atomic E-state index is -1.08. The first-order valence-corrected chi connectivity index (χ1v) is 9.81. The number of rotatable bonds is 2. The predicted octanol–water partition coefficient (Wildman–Crippen LogP) is 2.95. The van der Waals surface area contributed by atoms with Crippen molar-refractivity contribution in [1.82, 2.24) is 14.9 Å². The number of carbonyl (C=O) groups is 2. The molecular formula is C23H22N4O2. The highest BCUT2D eigenvalue weighted by Gasteiger charge is 2.54. The van der Waals surface area contributed by atoms with Crippen molar-refractivity contribution in [2.24, 2.45) is 5.10 Å². The summed E-state index contributed by atoms with van der Waals surface area (Å²) in [7, 11) is 0. The van der Waals surface area contributed by atoms with Gasteiger partial charge >= 0.3 is 0 Å². The summed E-state index contributed by atoms with van der Waals surface area (Å²) in [5, 5.41) is 6.81. The third-order valence-corrected chi connectivity index (χ3v) is 6.05. The number of aromatic amines is 1. The van der Waals surface area contributed by atoms with Crippen LogP contribution in [0, 0.1) is 6.92 Å². The van der Waals surface area contributed by atoms with Crippen LogP contribution < -0.4 is 0 Å². The first kappa shape index (κ1) is 17.7. The highest BCUT2D eigenvalue weighted by molar-refractivity contribution is 6.01. The van der Waals surface area contributed by atoms with Crippen LogP contribution in [0.5, 0.6) is 0 Å². The SMILES string of the molecule is Cc1cccc(/C=N\N2CC(=O)N3CCc4c([nH]c5ccccc45)[C@@]3(C)C2=O)c1. The monoisotopic (exact) mass is 386 g/mol. The summed E-state index contributed by atoms with van der Waals surface area (Å²) >= 11 is 0. The van der Waals surface area contributed by atoms with Crippen molar-refractivity contribution in [3.8, 4) is 0 Å². The summed E-state index contributed by atoms with van der Waals surface area (Å²) in [6, 6.07) is 15.9. The molecule has 1 aromatic heterocycles. The van der Waals surface area contributed by atoms with E-state index in [2.05, 4.69) is 16.2 Å². The quantitative estimate of drug-likeness (QED) is 0.688. The number of nitrogens with one attached hydrogen (secondary N) is 1. The Morgan fingerprint density at radius 2 is 1.97 bits per heavy atom. The largest absolute Gasteiger partial charge is 0.356 e. The molecule has 0 unspecified atom stereocenters. The Morgan fingerprint density at radius 3 is 2.79 bits per heavy atom. The summed E-state index contributed by atoms with van der Waals surface area (Å²) in [6.07, 6.45) is 2.38. The number of para-hydroxylation sites is 1. The summed E-state index contributed by atoms with van der Waals surface area (Å²) in [6.45, 7) is 4.33. The maximum absolute atomic E-state index is 13.6. The molecule has 0 bridgehead atoms. The highest BCUT2D eigenvalue weighted by Crippen LogP contribution is 2.41. The first-order valence-electron chi connectivity index (χ1n) is 9.81. The van der Waals surface area contributed by atoms with E-state index >= 15 is 0 Å². The van der Waals surface area contributed by atoms with Gasteiger partial charge in [-0.1, -0.05) is 48.0 Å². The van der Waals surface area contributed by atoms with Crippen LogP contribution in [0.1, 0.15) is 29.3 Å². The van der Waals surface area contributed by atoms with Crippen molar-refractivity contribution >= 4 is 28.9 Å². The number of carbonyl (C=O) groups excluding carboxylic acids is 2. The maximum Gasteiger partial charge on any atom is 0.275 e. The number of aromatic nitrogens is 1. The van der Waals surface area contributed by atoms with E-state index in [1.54, 1.807) is 11.1 Å². The van der Waals surface area contributed by atoms with Gasteiger partial charge in [0.25, 0.3) is 5.91 Å². The number of fused-ring (bicyclic) bond motifs is 5. The van der Waals surface area contributed by atoms with Crippen LogP contribution in [0.25, 0.3) is 10.9 Å². The molecule has 6 heteroatoms.